The first-order chi connectivity index (χ1) is 6.11. The van der Waals surface area contributed by atoms with Crippen LogP contribution < -0.4 is 4.90 Å². The zero-order chi connectivity index (χ0) is 9.84. The van der Waals surface area contributed by atoms with Crippen molar-refractivity contribution in [1.82, 2.24) is 4.98 Å². The molecule has 0 radical (unpaired) electrons. The number of carbonyl (C=O) groups is 1. The van der Waals surface area contributed by atoms with Gasteiger partial charge in [-0.25, -0.2) is 0 Å². The molecular weight excluding hydrogens is 192 g/mol. The van der Waals surface area contributed by atoms with Crippen LogP contribution in [0.2, 0.25) is 5.02 Å². The van der Waals surface area contributed by atoms with Crippen LogP contribution in [0.4, 0.5) is 5.69 Å². The van der Waals surface area contributed by atoms with E-state index in [4.69, 9.17) is 16.7 Å². The molecule has 0 atom stereocenters. The van der Waals surface area contributed by atoms with Gasteiger partial charge >= 0.3 is 5.97 Å². The van der Waals surface area contributed by atoms with Crippen LogP contribution in [0.5, 0.6) is 0 Å². The first-order valence-corrected chi connectivity index (χ1v) is 4.01. The van der Waals surface area contributed by atoms with Crippen molar-refractivity contribution in [2.24, 2.45) is 0 Å². The van der Waals surface area contributed by atoms with Crippen molar-refractivity contribution in [2.45, 2.75) is 0 Å². The number of halogens is 1. The molecule has 1 aromatic heterocycles. The number of pyridine rings is 1. The highest BCUT2D eigenvalue weighted by Gasteiger charge is 2.08. The third kappa shape index (κ3) is 2.59. The highest BCUT2D eigenvalue weighted by Crippen LogP contribution is 2.22. The van der Waals surface area contributed by atoms with Gasteiger partial charge in [-0.15, -0.1) is 0 Å². The lowest BCUT2D eigenvalue weighted by atomic mass is 10.3. The number of hydrogen-bond donors (Lipinski definition) is 1. The summed E-state index contributed by atoms with van der Waals surface area (Å²) in [5.74, 6) is -0.893. The second kappa shape index (κ2) is 4.09. The van der Waals surface area contributed by atoms with Crippen molar-refractivity contribution in [3.63, 3.8) is 0 Å². The predicted octanol–water partition coefficient (Wildman–Crippen LogP) is 1.26. The van der Waals surface area contributed by atoms with Crippen molar-refractivity contribution in [3.8, 4) is 0 Å². The molecule has 1 N–H and O–H groups in total. The molecule has 0 bridgehead atoms. The first-order valence-electron chi connectivity index (χ1n) is 3.63. The molecule has 13 heavy (non-hydrogen) atoms. The lowest BCUT2D eigenvalue weighted by Gasteiger charge is -2.17. The van der Waals surface area contributed by atoms with Crippen LogP contribution in [0.3, 0.4) is 0 Å². The first kappa shape index (κ1) is 9.80. The summed E-state index contributed by atoms with van der Waals surface area (Å²) < 4.78 is 0. The molecule has 1 aromatic rings. The third-order valence-corrected chi connectivity index (χ3v) is 1.83. The van der Waals surface area contributed by atoms with Crippen LogP contribution in [-0.2, 0) is 4.79 Å². The minimum atomic E-state index is -0.893. The summed E-state index contributed by atoms with van der Waals surface area (Å²) in [5.41, 5.74) is 0.666. The minimum Gasteiger partial charge on any atom is -0.480 e. The van der Waals surface area contributed by atoms with E-state index in [1.165, 1.54) is 6.20 Å². The molecule has 0 saturated carbocycles. The Bertz CT molecular complexity index is 317. The maximum absolute atomic E-state index is 10.4. The van der Waals surface area contributed by atoms with E-state index in [1.807, 2.05) is 0 Å². The van der Waals surface area contributed by atoms with Gasteiger partial charge in [-0.2, -0.15) is 0 Å². The third-order valence-electron chi connectivity index (χ3n) is 1.53. The van der Waals surface area contributed by atoms with Crippen molar-refractivity contribution in [3.05, 3.63) is 23.5 Å². The molecule has 0 unspecified atom stereocenters. The molecule has 0 aliphatic heterocycles. The largest absolute Gasteiger partial charge is 0.480 e. The van der Waals surface area contributed by atoms with E-state index in [-0.39, 0.29) is 6.54 Å². The maximum Gasteiger partial charge on any atom is 0.323 e. The van der Waals surface area contributed by atoms with Crippen LogP contribution >= 0.6 is 11.6 Å². The van der Waals surface area contributed by atoms with Gasteiger partial charge in [0.05, 0.1) is 10.7 Å². The highest BCUT2D eigenvalue weighted by atomic mass is 35.5. The van der Waals surface area contributed by atoms with Crippen LogP contribution in [0.15, 0.2) is 18.5 Å². The van der Waals surface area contributed by atoms with Gasteiger partial charge in [0.25, 0.3) is 0 Å². The van der Waals surface area contributed by atoms with Crippen LogP contribution in [0.25, 0.3) is 0 Å². The van der Waals surface area contributed by atoms with Gasteiger partial charge in [-0.1, -0.05) is 11.6 Å². The molecule has 1 heterocycles. The summed E-state index contributed by atoms with van der Waals surface area (Å²) in [6.07, 6.45) is 3.05. The summed E-state index contributed by atoms with van der Waals surface area (Å²) >= 11 is 5.81. The van der Waals surface area contributed by atoms with E-state index < -0.39 is 5.97 Å². The van der Waals surface area contributed by atoms with Gasteiger partial charge in [-0.05, 0) is 6.07 Å². The molecule has 0 aromatic carbocycles. The van der Waals surface area contributed by atoms with E-state index >= 15 is 0 Å². The quantitative estimate of drug-likeness (QED) is 0.798. The summed E-state index contributed by atoms with van der Waals surface area (Å²) in [6, 6.07) is 1.67. The molecule has 1 rings (SSSR count). The monoisotopic (exact) mass is 200 g/mol. The summed E-state index contributed by atoms with van der Waals surface area (Å²) in [7, 11) is 1.66. The van der Waals surface area contributed by atoms with E-state index in [2.05, 4.69) is 4.98 Å². The molecule has 0 aliphatic rings. The normalized spacial score (nSPS) is 9.69. The second-order valence-corrected chi connectivity index (χ2v) is 2.98. The molecule has 70 valence electrons. The van der Waals surface area contributed by atoms with Gasteiger partial charge in [0.15, 0.2) is 0 Å². The van der Waals surface area contributed by atoms with Gasteiger partial charge < -0.3 is 10.0 Å². The smallest absolute Gasteiger partial charge is 0.323 e. The fraction of sp³-hybridized carbons (Fsp3) is 0.250. The van der Waals surface area contributed by atoms with E-state index in [9.17, 15) is 4.79 Å². The van der Waals surface area contributed by atoms with Crippen molar-refractivity contribution in [1.29, 1.82) is 0 Å². The Morgan fingerprint density at radius 1 is 1.77 bits per heavy atom. The number of anilines is 1. The highest BCUT2D eigenvalue weighted by molar-refractivity contribution is 6.33. The number of hydrogen-bond acceptors (Lipinski definition) is 3. The Morgan fingerprint density at radius 3 is 3.00 bits per heavy atom. The molecule has 0 amide bonds. The molecule has 4 nitrogen and oxygen atoms in total. The molecule has 0 fully saturated rings. The molecular formula is C8H9ClN2O2. The number of aromatic nitrogens is 1. The zero-order valence-electron chi connectivity index (χ0n) is 7.07. The fourth-order valence-corrected chi connectivity index (χ4v) is 1.23. The van der Waals surface area contributed by atoms with E-state index in [1.54, 1.807) is 24.2 Å². The Morgan fingerprint density at radius 2 is 2.46 bits per heavy atom. The van der Waals surface area contributed by atoms with Gasteiger partial charge in [-0.3, -0.25) is 9.78 Å². The number of carboxylic acid groups (broad SMARTS) is 1. The number of rotatable bonds is 3. The topological polar surface area (TPSA) is 53.4 Å². The van der Waals surface area contributed by atoms with E-state index in [0.29, 0.717) is 10.7 Å². The Balaban J connectivity index is 2.82. The van der Waals surface area contributed by atoms with Crippen LogP contribution in [0, 0.1) is 0 Å². The minimum absolute atomic E-state index is 0.0796. The summed E-state index contributed by atoms with van der Waals surface area (Å²) in [6.45, 7) is -0.0796. The fourth-order valence-electron chi connectivity index (χ4n) is 0.965. The average molecular weight is 201 g/mol. The number of aliphatic carboxylic acids is 1. The Kier molecular flexibility index (Phi) is 3.08. The van der Waals surface area contributed by atoms with Crippen molar-refractivity contribution < 1.29 is 9.90 Å². The maximum atomic E-state index is 10.4. The van der Waals surface area contributed by atoms with Crippen molar-refractivity contribution in [2.75, 3.05) is 18.5 Å². The average Bonchev–Trinajstić information content (AvgIpc) is 2.03. The van der Waals surface area contributed by atoms with Gasteiger partial charge in [0.2, 0.25) is 0 Å². The SMILES string of the molecule is CN(CC(=O)O)c1ccncc1Cl. The zero-order valence-corrected chi connectivity index (χ0v) is 7.82. The number of nitrogens with zero attached hydrogens (tertiary/aromatic N) is 2. The summed E-state index contributed by atoms with van der Waals surface area (Å²) in [4.78, 5) is 15.7. The number of likely N-dealkylation sites (N-methyl/N-ethyl adjacent to an activating group) is 1. The molecule has 0 saturated heterocycles. The van der Waals surface area contributed by atoms with Crippen molar-refractivity contribution >= 4 is 23.3 Å². The van der Waals surface area contributed by atoms with Gasteiger partial charge in [0, 0.05) is 19.4 Å². The predicted molar refractivity (Wildman–Crippen MR) is 50.2 cm³/mol. The van der Waals surface area contributed by atoms with Gasteiger partial charge in [0.1, 0.15) is 6.54 Å². The Hall–Kier alpha value is -1.29. The standard InChI is InChI=1S/C8H9ClN2O2/c1-11(5-8(12)13)7-2-3-10-4-6(7)9/h2-4H,5H2,1H3,(H,12,13). The number of carboxylic acids is 1. The molecule has 0 spiro atoms. The lowest BCUT2D eigenvalue weighted by molar-refractivity contribution is -0.135. The lowest BCUT2D eigenvalue weighted by Crippen LogP contribution is -2.25. The molecule has 0 aliphatic carbocycles. The second-order valence-electron chi connectivity index (χ2n) is 2.58. The van der Waals surface area contributed by atoms with Crippen LogP contribution in [0.1, 0.15) is 0 Å². The van der Waals surface area contributed by atoms with Crippen LogP contribution in [-0.4, -0.2) is 29.7 Å². The van der Waals surface area contributed by atoms with E-state index in [0.717, 1.165) is 0 Å². The summed E-state index contributed by atoms with van der Waals surface area (Å²) in [5, 5.41) is 8.99. The molecule has 5 heteroatoms. The Labute approximate surface area is 80.8 Å².